The molecule has 0 radical (unpaired) electrons. The number of ether oxygens (including phenoxy) is 1. The van der Waals surface area contributed by atoms with Gasteiger partial charge in [0, 0.05) is 71.5 Å². The number of nitrogens with one attached hydrogen (secondary N) is 1. The van der Waals surface area contributed by atoms with Crippen molar-refractivity contribution in [2.75, 3.05) is 69.3 Å². The number of rotatable bonds is 4. The van der Waals surface area contributed by atoms with Crippen LogP contribution in [0.3, 0.4) is 0 Å². The molecule has 0 saturated carbocycles. The highest BCUT2D eigenvalue weighted by atomic mass is 16.5. The molecule has 0 amide bonds. The van der Waals surface area contributed by atoms with Crippen LogP contribution in [-0.2, 0) is 11.3 Å². The Morgan fingerprint density at radius 3 is 2.48 bits per heavy atom. The van der Waals surface area contributed by atoms with Gasteiger partial charge in [-0.25, -0.2) is 15.0 Å². The highest BCUT2D eigenvalue weighted by Gasteiger charge is 2.21. The Morgan fingerprint density at radius 1 is 1.00 bits per heavy atom. The lowest BCUT2D eigenvalue weighted by atomic mass is 10.2. The van der Waals surface area contributed by atoms with Crippen LogP contribution < -0.4 is 15.1 Å². The molecule has 0 unspecified atom stereocenters. The number of anilines is 2. The first kappa shape index (κ1) is 19.4. The summed E-state index contributed by atoms with van der Waals surface area (Å²) in [5.74, 6) is 2.73. The van der Waals surface area contributed by atoms with Gasteiger partial charge in [0.25, 0.3) is 0 Å². The van der Waals surface area contributed by atoms with Crippen LogP contribution in [0, 0.1) is 0 Å². The van der Waals surface area contributed by atoms with Crippen LogP contribution in [0.25, 0.3) is 0 Å². The first-order valence-electron chi connectivity index (χ1n) is 10.1. The summed E-state index contributed by atoms with van der Waals surface area (Å²) in [4.78, 5) is 24.5. The van der Waals surface area contributed by atoms with Crippen molar-refractivity contribution in [2.45, 2.75) is 6.54 Å². The molecule has 4 heterocycles. The molecule has 2 aliphatic heterocycles. The zero-order chi connectivity index (χ0) is 19.9. The molecule has 0 spiro atoms. The molecule has 2 aromatic heterocycles. The zero-order valence-corrected chi connectivity index (χ0v) is 16.9. The van der Waals surface area contributed by atoms with Gasteiger partial charge in [-0.05, 0) is 23.8 Å². The summed E-state index contributed by atoms with van der Waals surface area (Å²) in [7, 11) is 1.83. The lowest BCUT2D eigenvalue weighted by Gasteiger charge is -2.36. The van der Waals surface area contributed by atoms with Crippen LogP contribution >= 0.6 is 0 Å². The first-order chi connectivity index (χ1) is 14.3. The van der Waals surface area contributed by atoms with E-state index in [0.29, 0.717) is 6.54 Å². The van der Waals surface area contributed by atoms with Crippen molar-refractivity contribution in [3.63, 3.8) is 0 Å². The molecule has 154 valence electrons. The molecule has 0 aromatic carbocycles. The predicted molar refractivity (Wildman–Crippen MR) is 113 cm³/mol. The number of aromatic nitrogens is 3. The quantitative estimate of drug-likeness (QED) is 0.595. The number of nitrogens with zero attached hydrogens (tertiary/aromatic N) is 7. The van der Waals surface area contributed by atoms with Gasteiger partial charge in [0.15, 0.2) is 5.96 Å². The van der Waals surface area contributed by atoms with E-state index in [1.165, 1.54) is 5.56 Å². The van der Waals surface area contributed by atoms with Crippen molar-refractivity contribution in [1.29, 1.82) is 0 Å². The summed E-state index contributed by atoms with van der Waals surface area (Å²) in [6.45, 7) is 7.53. The van der Waals surface area contributed by atoms with Gasteiger partial charge in [-0.15, -0.1) is 0 Å². The predicted octanol–water partition coefficient (Wildman–Crippen LogP) is 0.606. The lowest BCUT2D eigenvalue weighted by molar-refractivity contribution is 0.122. The van der Waals surface area contributed by atoms with Gasteiger partial charge >= 0.3 is 0 Å². The fourth-order valence-electron chi connectivity index (χ4n) is 3.62. The first-order valence-corrected chi connectivity index (χ1v) is 10.1. The Balaban J connectivity index is 1.31. The topological polar surface area (TPSA) is 82.0 Å². The lowest BCUT2D eigenvalue weighted by Crippen LogP contribution is -2.52. The summed E-state index contributed by atoms with van der Waals surface area (Å²) in [5.41, 5.74) is 1.19. The van der Waals surface area contributed by atoms with Crippen LogP contribution in [0.15, 0.2) is 41.8 Å². The monoisotopic (exact) mass is 396 g/mol. The van der Waals surface area contributed by atoms with E-state index in [2.05, 4.69) is 52.1 Å². The second-order valence-corrected chi connectivity index (χ2v) is 7.05. The SMILES string of the molecule is CN=C(NCc1ccnc(N2CCOCC2)c1)N1CCN(c2ncccn2)CC1. The van der Waals surface area contributed by atoms with Gasteiger partial charge in [-0.2, -0.15) is 0 Å². The van der Waals surface area contributed by atoms with Crippen LogP contribution in [0.4, 0.5) is 11.8 Å². The highest BCUT2D eigenvalue weighted by molar-refractivity contribution is 5.80. The van der Waals surface area contributed by atoms with Gasteiger partial charge in [0.1, 0.15) is 5.82 Å². The molecule has 2 aromatic rings. The second kappa shape index (κ2) is 9.51. The third-order valence-corrected chi connectivity index (χ3v) is 5.22. The number of aliphatic imine (C=N–C) groups is 1. The normalized spacial score (nSPS) is 18.1. The van der Waals surface area contributed by atoms with E-state index in [-0.39, 0.29) is 0 Å². The van der Waals surface area contributed by atoms with Crippen molar-refractivity contribution in [1.82, 2.24) is 25.2 Å². The molecule has 29 heavy (non-hydrogen) atoms. The minimum absolute atomic E-state index is 0.717. The minimum atomic E-state index is 0.717. The van der Waals surface area contributed by atoms with Gasteiger partial charge in [-0.3, -0.25) is 4.99 Å². The van der Waals surface area contributed by atoms with E-state index >= 15 is 0 Å². The third kappa shape index (κ3) is 4.92. The van der Waals surface area contributed by atoms with E-state index in [0.717, 1.165) is 70.2 Å². The number of guanidine groups is 1. The fraction of sp³-hybridized carbons (Fsp3) is 0.500. The largest absolute Gasteiger partial charge is 0.378 e. The van der Waals surface area contributed by atoms with Crippen molar-refractivity contribution >= 4 is 17.7 Å². The van der Waals surface area contributed by atoms with Crippen molar-refractivity contribution in [2.24, 2.45) is 4.99 Å². The smallest absolute Gasteiger partial charge is 0.225 e. The molecule has 2 fully saturated rings. The van der Waals surface area contributed by atoms with Crippen LogP contribution in [0.5, 0.6) is 0 Å². The molecular weight excluding hydrogens is 368 g/mol. The van der Waals surface area contributed by atoms with E-state index in [4.69, 9.17) is 4.74 Å². The number of morpholine rings is 1. The summed E-state index contributed by atoms with van der Waals surface area (Å²) < 4.78 is 5.43. The standard InChI is InChI=1S/C20H28N8O/c1-21-19(27-7-9-28(10-8-27)20-23-4-2-5-24-20)25-16-17-3-6-22-18(15-17)26-11-13-29-14-12-26/h2-6,15H,7-14,16H2,1H3,(H,21,25). The fourth-order valence-corrected chi connectivity index (χ4v) is 3.62. The van der Waals surface area contributed by atoms with Crippen molar-refractivity contribution < 1.29 is 4.74 Å². The molecule has 2 aliphatic rings. The zero-order valence-electron chi connectivity index (χ0n) is 16.9. The second-order valence-electron chi connectivity index (χ2n) is 7.05. The van der Waals surface area contributed by atoms with Gasteiger partial charge in [-0.1, -0.05) is 0 Å². The van der Waals surface area contributed by atoms with Crippen LogP contribution in [0.1, 0.15) is 5.56 Å². The number of hydrogen-bond donors (Lipinski definition) is 1. The van der Waals surface area contributed by atoms with Crippen molar-refractivity contribution in [3.8, 4) is 0 Å². The van der Waals surface area contributed by atoms with E-state index in [1.807, 2.05) is 19.3 Å². The van der Waals surface area contributed by atoms with Crippen LogP contribution in [-0.4, -0.2) is 85.3 Å². The van der Waals surface area contributed by atoms with Gasteiger partial charge < -0.3 is 24.8 Å². The van der Waals surface area contributed by atoms with Crippen LogP contribution in [0.2, 0.25) is 0 Å². The van der Waals surface area contributed by atoms with Crippen molar-refractivity contribution in [3.05, 3.63) is 42.4 Å². The molecule has 0 aliphatic carbocycles. The Kier molecular flexibility index (Phi) is 6.35. The molecule has 9 nitrogen and oxygen atoms in total. The third-order valence-electron chi connectivity index (χ3n) is 5.22. The molecule has 4 rings (SSSR count). The molecule has 0 atom stereocenters. The average molecular weight is 396 g/mol. The molecular formula is C20H28N8O. The maximum atomic E-state index is 5.43. The van der Waals surface area contributed by atoms with E-state index in [9.17, 15) is 0 Å². The molecule has 2 saturated heterocycles. The Hall–Kier alpha value is -2.94. The minimum Gasteiger partial charge on any atom is -0.378 e. The summed E-state index contributed by atoms with van der Waals surface area (Å²) >= 11 is 0. The Bertz CT molecular complexity index is 801. The molecule has 1 N–H and O–H groups in total. The number of pyridine rings is 1. The molecule has 9 heteroatoms. The van der Waals surface area contributed by atoms with E-state index in [1.54, 1.807) is 12.4 Å². The number of piperazine rings is 1. The maximum absolute atomic E-state index is 5.43. The maximum Gasteiger partial charge on any atom is 0.225 e. The average Bonchev–Trinajstić information content (AvgIpc) is 2.81. The summed E-state index contributed by atoms with van der Waals surface area (Å²) in [6, 6.07) is 6.04. The Labute approximate surface area is 171 Å². The van der Waals surface area contributed by atoms with Gasteiger partial charge in [0.2, 0.25) is 5.95 Å². The highest BCUT2D eigenvalue weighted by Crippen LogP contribution is 2.15. The Morgan fingerprint density at radius 2 is 1.76 bits per heavy atom. The number of hydrogen-bond acceptors (Lipinski definition) is 7. The van der Waals surface area contributed by atoms with Gasteiger partial charge in [0.05, 0.1) is 13.2 Å². The summed E-state index contributed by atoms with van der Waals surface area (Å²) in [6.07, 6.45) is 5.45. The summed E-state index contributed by atoms with van der Waals surface area (Å²) in [5, 5.41) is 3.50. The molecule has 0 bridgehead atoms. The van der Waals surface area contributed by atoms with E-state index < -0.39 is 0 Å².